The first kappa shape index (κ1) is 20.2. The predicted molar refractivity (Wildman–Crippen MR) is 120 cm³/mol. The number of nitrogens with zero attached hydrogens (tertiary/aromatic N) is 2. The van der Waals surface area contributed by atoms with Gasteiger partial charge in [-0.2, -0.15) is 0 Å². The van der Waals surface area contributed by atoms with Crippen molar-refractivity contribution >= 4 is 17.4 Å². The number of urea groups is 1. The van der Waals surface area contributed by atoms with Gasteiger partial charge < -0.3 is 15.1 Å². The van der Waals surface area contributed by atoms with Crippen molar-refractivity contribution in [2.75, 3.05) is 36.8 Å². The molecule has 1 fully saturated rings. The maximum Gasteiger partial charge on any atom is 0.323 e. The number of anilines is 2. The van der Waals surface area contributed by atoms with Gasteiger partial charge in [0.25, 0.3) is 0 Å². The average Bonchev–Trinajstić information content (AvgIpc) is 3.24. The van der Waals surface area contributed by atoms with Gasteiger partial charge in [0, 0.05) is 44.1 Å². The summed E-state index contributed by atoms with van der Waals surface area (Å²) in [7, 11) is 0. The molecule has 0 unspecified atom stereocenters. The third-order valence-corrected chi connectivity index (χ3v) is 5.32. The van der Waals surface area contributed by atoms with Crippen LogP contribution in [0, 0.1) is 6.92 Å². The van der Waals surface area contributed by atoms with E-state index in [0.29, 0.717) is 0 Å². The summed E-state index contributed by atoms with van der Waals surface area (Å²) in [6.45, 7) is 7.97. The van der Waals surface area contributed by atoms with Crippen LogP contribution in [-0.2, 0) is 13.1 Å². The van der Waals surface area contributed by atoms with Gasteiger partial charge in [-0.15, -0.1) is 0 Å². The van der Waals surface area contributed by atoms with Crippen molar-refractivity contribution in [1.82, 2.24) is 9.80 Å². The molecule has 156 valence electrons. The molecule has 1 aromatic heterocycles. The second kappa shape index (κ2) is 9.61. The van der Waals surface area contributed by atoms with E-state index in [9.17, 15) is 4.79 Å². The molecule has 0 atom stereocenters. The minimum absolute atomic E-state index is 0.235. The van der Waals surface area contributed by atoms with Crippen LogP contribution < -0.4 is 10.6 Å². The number of carbonyl (C=O) groups excluding carboxylic acids is 1. The van der Waals surface area contributed by atoms with Crippen molar-refractivity contribution in [3.8, 4) is 0 Å². The Bertz CT molecular complexity index is 946. The van der Waals surface area contributed by atoms with Crippen LogP contribution in [0.3, 0.4) is 0 Å². The minimum Gasteiger partial charge on any atom is -0.468 e. The number of carbonyl (C=O) groups is 1. The van der Waals surface area contributed by atoms with Gasteiger partial charge in [-0.25, -0.2) is 4.79 Å². The fourth-order valence-electron chi connectivity index (χ4n) is 3.70. The zero-order chi connectivity index (χ0) is 20.8. The molecular weight excluding hydrogens is 376 g/mol. The Kier molecular flexibility index (Phi) is 6.47. The van der Waals surface area contributed by atoms with E-state index in [2.05, 4.69) is 32.6 Å². The predicted octanol–water partition coefficient (Wildman–Crippen LogP) is 4.55. The van der Waals surface area contributed by atoms with Gasteiger partial charge in [0.2, 0.25) is 0 Å². The topological polar surface area (TPSA) is 60.8 Å². The molecule has 2 amide bonds. The Hall–Kier alpha value is -3.09. The smallest absolute Gasteiger partial charge is 0.323 e. The SMILES string of the molecule is Cc1cccc(NC(=O)Nc2ccc(CN3CCN(Cc4ccco4)CC3)cc2)c1. The first-order valence-electron chi connectivity index (χ1n) is 10.3. The highest BCUT2D eigenvalue weighted by molar-refractivity contribution is 5.99. The van der Waals surface area contributed by atoms with Crippen LogP contribution >= 0.6 is 0 Å². The molecule has 4 rings (SSSR count). The molecule has 1 aliphatic heterocycles. The van der Waals surface area contributed by atoms with Gasteiger partial charge in [0.05, 0.1) is 12.8 Å². The highest BCUT2D eigenvalue weighted by Crippen LogP contribution is 2.15. The summed E-state index contributed by atoms with van der Waals surface area (Å²) in [5.41, 5.74) is 3.93. The average molecular weight is 405 g/mol. The zero-order valence-electron chi connectivity index (χ0n) is 17.3. The van der Waals surface area contributed by atoms with E-state index < -0.39 is 0 Å². The molecule has 1 saturated heterocycles. The normalized spacial score (nSPS) is 15.1. The molecule has 2 heterocycles. The lowest BCUT2D eigenvalue weighted by Gasteiger charge is -2.34. The van der Waals surface area contributed by atoms with E-state index >= 15 is 0 Å². The Morgan fingerprint density at radius 2 is 1.57 bits per heavy atom. The molecule has 0 bridgehead atoms. The monoisotopic (exact) mass is 404 g/mol. The molecule has 0 spiro atoms. The number of aryl methyl sites for hydroxylation is 1. The number of benzene rings is 2. The van der Waals surface area contributed by atoms with Gasteiger partial charge in [0.15, 0.2) is 0 Å². The van der Waals surface area contributed by atoms with E-state index in [1.165, 1.54) is 5.56 Å². The van der Waals surface area contributed by atoms with Crippen LogP contribution in [-0.4, -0.2) is 42.0 Å². The second-order valence-electron chi connectivity index (χ2n) is 7.78. The van der Waals surface area contributed by atoms with Crippen LogP contribution in [0.4, 0.5) is 16.2 Å². The lowest BCUT2D eigenvalue weighted by molar-refractivity contribution is 0.116. The number of rotatable bonds is 6. The van der Waals surface area contributed by atoms with Crippen LogP contribution in [0.1, 0.15) is 16.9 Å². The van der Waals surface area contributed by atoms with Crippen LogP contribution in [0.5, 0.6) is 0 Å². The molecule has 6 heteroatoms. The second-order valence-corrected chi connectivity index (χ2v) is 7.78. The number of piperazine rings is 1. The highest BCUT2D eigenvalue weighted by Gasteiger charge is 2.17. The molecule has 0 aliphatic carbocycles. The van der Waals surface area contributed by atoms with Gasteiger partial charge >= 0.3 is 6.03 Å². The standard InChI is InChI=1S/C24H28N4O2/c1-19-4-2-5-22(16-19)26-24(29)25-21-9-7-20(8-10-21)17-27-11-13-28(14-12-27)18-23-6-3-15-30-23/h2-10,15-16H,11-14,17-18H2,1H3,(H2,25,26,29). The lowest BCUT2D eigenvalue weighted by atomic mass is 10.1. The number of hydrogen-bond donors (Lipinski definition) is 2. The van der Waals surface area contributed by atoms with Crippen molar-refractivity contribution in [1.29, 1.82) is 0 Å². The van der Waals surface area contributed by atoms with Crippen molar-refractivity contribution in [3.05, 3.63) is 83.8 Å². The Labute approximate surface area is 177 Å². The Morgan fingerprint density at radius 1 is 0.867 bits per heavy atom. The quantitative estimate of drug-likeness (QED) is 0.633. The van der Waals surface area contributed by atoms with Gasteiger partial charge in [-0.05, 0) is 54.4 Å². The summed E-state index contributed by atoms with van der Waals surface area (Å²) in [6, 6.07) is 19.6. The fraction of sp³-hybridized carbons (Fsp3) is 0.292. The summed E-state index contributed by atoms with van der Waals surface area (Å²) in [5.74, 6) is 1.03. The maximum absolute atomic E-state index is 12.2. The van der Waals surface area contributed by atoms with Crippen LogP contribution in [0.25, 0.3) is 0 Å². The van der Waals surface area contributed by atoms with E-state index in [1.807, 2.05) is 55.5 Å². The molecule has 3 aromatic rings. The minimum atomic E-state index is -0.235. The summed E-state index contributed by atoms with van der Waals surface area (Å²) in [6.07, 6.45) is 1.73. The van der Waals surface area contributed by atoms with Crippen LogP contribution in [0.2, 0.25) is 0 Å². The summed E-state index contributed by atoms with van der Waals surface area (Å²) < 4.78 is 5.45. The fourth-order valence-corrected chi connectivity index (χ4v) is 3.70. The molecule has 6 nitrogen and oxygen atoms in total. The van der Waals surface area contributed by atoms with Crippen molar-refractivity contribution < 1.29 is 9.21 Å². The molecule has 2 N–H and O–H groups in total. The summed E-state index contributed by atoms with van der Waals surface area (Å²) in [4.78, 5) is 17.1. The number of hydrogen-bond acceptors (Lipinski definition) is 4. The highest BCUT2D eigenvalue weighted by atomic mass is 16.3. The molecule has 0 saturated carbocycles. The zero-order valence-corrected chi connectivity index (χ0v) is 17.3. The Balaban J connectivity index is 1.22. The van der Waals surface area contributed by atoms with E-state index in [-0.39, 0.29) is 6.03 Å². The lowest BCUT2D eigenvalue weighted by Crippen LogP contribution is -2.45. The van der Waals surface area contributed by atoms with E-state index in [0.717, 1.165) is 62.0 Å². The molecule has 2 aromatic carbocycles. The first-order chi connectivity index (χ1) is 14.6. The summed E-state index contributed by atoms with van der Waals surface area (Å²) in [5, 5.41) is 5.75. The third kappa shape index (κ3) is 5.72. The molecular formula is C24H28N4O2. The number of nitrogens with one attached hydrogen (secondary N) is 2. The Morgan fingerprint density at radius 3 is 2.23 bits per heavy atom. The van der Waals surface area contributed by atoms with Gasteiger partial charge in [0.1, 0.15) is 5.76 Å². The van der Waals surface area contributed by atoms with Crippen molar-refractivity contribution in [2.24, 2.45) is 0 Å². The van der Waals surface area contributed by atoms with Crippen LogP contribution in [0.15, 0.2) is 71.3 Å². The molecule has 30 heavy (non-hydrogen) atoms. The molecule has 1 aliphatic rings. The first-order valence-corrected chi connectivity index (χ1v) is 10.3. The largest absolute Gasteiger partial charge is 0.468 e. The van der Waals surface area contributed by atoms with E-state index in [1.54, 1.807) is 6.26 Å². The third-order valence-electron chi connectivity index (χ3n) is 5.32. The summed E-state index contributed by atoms with van der Waals surface area (Å²) >= 11 is 0. The van der Waals surface area contributed by atoms with Crippen molar-refractivity contribution in [2.45, 2.75) is 20.0 Å². The van der Waals surface area contributed by atoms with Gasteiger partial charge in [-0.3, -0.25) is 9.80 Å². The maximum atomic E-state index is 12.2. The number of furan rings is 1. The molecule has 0 radical (unpaired) electrons. The van der Waals surface area contributed by atoms with Crippen molar-refractivity contribution in [3.63, 3.8) is 0 Å². The van der Waals surface area contributed by atoms with E-state index in [4.69, 9.17) is 4.42 Å². The van der Waals surface area contributed by atoms with Gasteiger partial charge in [-0.1, -0.05) is 24.3 Å². The number of amides is 2.